The monoisotopic (exact) mass is 355 g/mol. The Hall–Kier alpha value is -2.69. The fourth-order valence-corrected chi connectivity index (χ4v) is 3.29. The third-order valence-electron chi connectivity index (χ3n) is 4.64. The normalized spacial score (nSPS) is 12.8. The van der Waals surface area contributed by atoms with Crippen molar-refractivity contribution < 1.29 is 19.0 Å². The summed E-state index contributed by atoms with van der Waals surface area (Å²) in [6.45, 7) is 0.881. The first-order chi connectivity index (χ1) is 12.7. The molecule has 2 aromatic rings. The number of rotatable bonds is 7. The molecule has 0 unspecified atom stereocenters. The molecule has 0 saturated heterocycles. The van der Waals surface area contributed by atoms with E-state index >= 15 is 0 Å². The van der Waals surface area contributed by atoms with Crippen molar-refractivity contribution in [3.05, 3.63) is 53.1 Å². The van der Waals surface area contributed by atoms with Crippen LogP contribution >= 0.6 is 0 Å². The van der Waals surface area contributed by atoms with Crippen molar-refractivity contribution in [2.24, 2.45) is 0 Å². The molecule has 0 bridgehead atoms. The van der Waals surface area contributed by atoms with Crippen LogP contribution in [0.2, 0.25) is 0 Å². The maximum absolute atomic E-state index is 12.3. The van der Waals surface area contributed by atoms with Gasteiger partial charge in [-0.2, -0.15) is 0 Å². The second-order valence-corrected chi connectivity index (χ2v) is 6.28. The Bertz CT molecular complexity index is 773. The molecule has 26 heavy (non-hydrogen) atoms. The van der Waals surface area contributed by atoms with Crippen LogP contribution in [0.15, 0.2) is 36.4 Å². The van der Waals surface area contributed by atoms with Gasteiger partial charge in [0.25, 0.3) is 5.91 Å². The van der Waals surface area contributed by atoms with Crippen molar-refractivity contribution in [3.63, 3.8) is 0 Å². The molecule has 1 amide bonds. The van der Waals surface area contributed by atoms with Crippen molar-refractivity contribution in [1.82, 2.24) is 5.32 Å². The Kier molecular flexibility index (Phi) is 6.00. The first-order valence-corrected chi connectivity index (χ1v) is 8.96. The van der Waals surface area contributed by atoms with Gasteiger partial charge >= 0.3 is 0 Å². The lowest BCUT2D eigenvalue weighted by molar-refractivity contribution is 0.0946. The van der Waals surface area contributed by atoms with Crippen LogP contribution in [0.1, 0.15) is 34.3 Å². The van der Waals surface area contributed by atoms with Crippen molar-refractivity contribution in [1.29, 1.82) is 0 Å². The SMILES string of the molecule is COc1ccc(C(=O)NCCOc2cccc3c2CCCC3)cc1OC. The summed E-state index contributed by atoms with van der Waals surface area (Å²) >= 11 is 0. The summed E-state index contributed by atoms with van der Waals surface area (Å²) in [4.78, 5) is 12.3. The number of methoxy groups -OCH3 is 2. The molecule has 0 radical (unpaired) electrons. The van der Waals surface area contributed by atoms with E-state index in [0.29, 0.717) is 30.2 Å². The zero-order valence-corrected chi connectivity index (χ0v) is 15.3. The number of fused-ring (bicyclic) bond motifs is 1. The van der Waals surface area contributed by atoms with E-state index in [-0.39, 0.29) is 5.91 Å². The lowest BCUT2D eigenvalue weighted by Crippen LogP contribution is -2.28. The number of carbonyl (C=O) groups excluding carboxylic acids is 1. The van der Waals surface area contributed by atoms with Crippen LogP contribution in [0, 0.1) is 0 Å². The average molecular weight is 355 g/mol. The van der Waals surface area contributed by atoms with Gasteiger partial charge in [-0.1, -0.05) is 12.1 Å². The molecule has 0 fully saturated rings. The maximum atomic E-state index is 12.3. The minimum Gasteiger partial charge on any atom is -0.493 e. The van der Waals surface area contributed by atoms with E-state index in [0.717, 1.165) is 18.6 Å². The molecule has 1 aliphatic rings. The number of amides is 1. The van der Waals surface area contributed by atoms with E-state index in [9.17, 15) is 4.79 Å². The highest BCUT2D eigenvalue weighted by Crippen LogP contribution is 2.29. The van der Waals surface area contributed by atoms with Crippen LogP contribution in [0.5, 0.6) is 17.2 Å². The summed E-state index contributed by atoms with van der Waals surface area (Å²) in [6.07, 6.45) is 4.66. The highest BCUT2D eigenvalue weighted by Gasteiger charge is 2.14. The highest BCUT2D eigenvalue weighted by molar-refractivity contribution is 5.94. The Morgan fingerprint density at radius 1 is 1.00 bits per heavy atom. The molecular weight excluding hydrogens is 330 g/mol. The first-order valence-electron chi connectivity index (χ1n) is 8.96. The van der Waals surface area contributed by atoms with Crippen molar-refractivity contribution in [2.75, 3.05) is 27.4 Å². The van der Waals surface area contributed by atoms with E-state index < -0.39 is 0 Å². The minimum atomic E-state index is -0.162. The van der Waals surface area contributed by atoms with Crippen LogP contribution in [0.4, 0.5) is 0 Å². The fraction of sp³-hybridized carbons (Fsp3) is 0.381. The van der Waals surface area contributed by atoms with Gasteiger partial charge in [-0.25, -0.2) is 0 Å². The van der Waals surface area contributed by atoms with Gasteiger partial charge < -0.3 is 19.5 Å². The average Bonchev–Trinajstić information content (AvgIpc) is 2.70. The number of hydrogen-bond donors (Lipinski definition) is 1. The quantitative estimate of drug-likeness (QED) is 0.774. The van der Waals surface area contributed by atoms with E-state index in [1.54, 1.807) is 32.4 Å². The number of carbonyl (C=O) groups is 1. The summed E-state index contributed by atoms with van der Waals surface area (Å²) in [5, 5.41) is 2.88. The van der Waals surface area contributed by atoms with Gasteiger partial charge in [-0.15, -0.1) is 0 Å². The second kappa shape index (κ2) is 8.61. The Morgan fingerprint density at radius 3 is 2.62 bits per heavy atom. The topological polar surface area (TPSA) is 56.8 Å². The molecule has 0 aromatic heterocycles. The molecule has 0 spiro atoms. The predicted octanol–water partition coefficient (Wildman–Crippen LogP) is 3.39. The van der Waals surface area contributed by atoms with E-state index in [2.05, 4.69) is 11.4 Å². The number of aryl methyl sites for hydroxylation is 1. The van der Waals surface area contributed by atoms with Gasteiger partial charge in [0.15, 0.2) is 11.5 Å². The Morgan fingerprint density at radius 2 is 1.81 bits per heavy atom. The van der Waals surface area contributed by atoms with E-state index in [1.807, 2.05) is 12.1 Å². The van der Waals surface area contributed by atoms with E-state index in [1.165, 1.54) is 24.0 Å². The number of hydrogen-bond acceptors (Lipinski definition) is 4. The van der Waals surface area contributed by atoms with Gasteiger partial charge in [-0.3, -0.25) is 4.79 Å². The molecule has 5 nitrogen and oxygen atoms in total. The lowest BCUT2D eigenvalue weighted by Gasteiger charge is -2.19. The molecule has 0 saturated carbocycles. The minimum absolute atomic E-state index is 0.162. The van der Waals surface area contributed by atoms with Gasteiger partial charge in [0.2, 0.25) is 0 Å². The molecule has 5 heteroatoms. The van der Waals surface area contributed by atoms with Crippen molar-refractivity contribution in [2.45, 2.75) is 25.7 Å². The van der Waals surface area contributed by atoms with Crippen LogP contribution < -0.4 is 19.5 Å². The van der Waals surface area contributed by atoms with Crippen molar-refractivity contribution >= 4 is 5.91 Å². The molecule has 0 heterocycles. The predicted molar refractivity (Wildman–Crippen MR) is 100 cm³/mol. The zero-order valence-electron chi connectivity index (χ0n) is 15.3. The maximum Gasteiger partial charge on any atom is 0.251 e. The van der Waals surface area contributed by atoms with Crippen LogP contribution in [0.3, 0.4) is 0 Å². The van der Waals surface area contributed by atoms with Gasteiger partial charge in [0.1, 0.15) is 12.4 Å². The first kappa shape index (κ1) is 18.1. The third-order valence-corrected chi connectivity index (χ3v) is 4.64. The van der Waals surface area contributed by atoms with E-state index in [4.69, 9.17) is 14.2 Å². The molecular formula is C21H25NO4. The summed E-state index contributed by atoms with van der Waals surface area (Å²) in [5.74, 6) is 1.92. The largest absolute Gasteiger partial charge is 0.493 e. The number of benzene rings is 2. The third kappa shape index (κ3) is 4.10. The molecule has 1 N–H and O–H groups in total. The van der Waals surface area contributed by atoms with Crippen LogP contribution in [-0.2, 0) is 12.8 Å². The molecule has 0 aliphatic heterocycles. The van der Waals surface area contributed by atoms with Gasteiger partial charge in [0.05, 0.1) is 20.8 Å². The zero-order chi connectivity index (χ0) is 18.4. The highest BCUT2D eigenvalue weighted by atomic mass is 16.5. The lowest BCUT2D eigenvalue weighted by atomic mass is 9.91. The number of ether oxygens (including phenoxy) is 3. The Labute approximate surface area is 154 Å². The fourth-order valence-electron chi connectivity index (χ4n) is 3.29. The number of nitrogens with one attached hydrogen (secondary N) is 1. The summed E-state index contributed by atoms with van der Waals surface area (Å²) in [6, 6.07) is 11.3. The molecule has 138 valence electrons. The molecule has 2 aromatic carbocycles. The van der Waals surface area contributed by atoms with Crippen molar-refractivity contribution in [3.8, 4) is 17.2 Å². The molecule has 0 atom stereocenters. The van der Waals surface area contributed by atoms with Gasteiger partial charge in [-0.05, 0) is 61.1 Å². The second-order valence-electron chi connectivity index (χ2n) is 6.28. The smallest absolute Gasteiger partial charge is 0.251 e. The standard InChI is InChI=1S/C21H25NO4/c1-24-19-11-10-16(14-20(19)25-2)21(23)22-12-13-26-18-9-5-7-15-6-3-4-8-17(15)18/h5,7,9-11,14H,3-4,6,8,12-13H2,1-2H3,(H,22,23). The molecule has 3 rings (SSSR count). The van der Waals surface area contributed by atoms with Crippen LogP contribution in [0.25, 0.3) is 0 Å². The summed E-state index contributed by atoms with van der Waals surface area (Å²) in [7, 11) is 3.12. The molecule has 1 aliphatic carbocycles. The summed E-state index contributed by atoms with van der Waals surface area (Å²) in [5.41, 5.74) is 3.24. The van der Waals surface area contributed by atoms with Gasteiger partial charge in [0, 0.05) is 5.56 Å². The van der Waals surface area contributed by atoms with Crippen LogP contribution in [-0.4, -0.2) is 33.3 Å². The summed E-state index contributed by atoms with van der Waals surface area (Å²) < 4.78 is 16.3. The Balaban J connectivity index is 1.53.